The molecular formula is C16H11Cl2FN2S2. The minimum absolute atomic E-state index is 0.0114. The van der Waals surface area contributed by atoms with Crippen LogP contribution in [0.4, 0.5) is 15.2 Å². The molecule has 0 atom stereocenters. The number of hydrogen-bond acceptors (Lipinski definition) is 4. The van der Waals surface area contributed by atoms with Gasteiger partial charge in [0.25, 0.3) is 0 Å². The summed E-state index contributed by atoms with van der Waals surface area (Å²) in [4.78, 5) is 5.57. The third kappa shape index (κ3) is 3.80. The highest BCUT2D eigenvalue weighted by Gasteiger charge is 2.14. The first-order valence-electron chi connectivity index (χ1n) is 6.58. The fourth-order valence-corrected chi connectivity index (χ4v) is 3.71. The quantitative estimate of drug-likeness (QED) is 0.399. The zero-order valence-corrected chi connectivity index (χ0v) is 15.1. The van der Waals surface area contributed by atoms with Crippen LogP contribution < -0.4 is 5.32 Å². The van der Waals surface area contributed by atoms with Crippen LogP contribution in [0.2, 0.25) is 10.0 Å². The normalized spacial score (nSPS) is 10.8. The fraction of sp³-hybridized carbons (Fsp3) is 0.0625. The lowest BCUT2D eigenvalue weighted by atomic mass is 10.1. The maximum Gasteiger partial charge on any atom is 0.187 e. The summed E-state index contributed by atoms with van der Waals surface area (Å²) < 4.78 is 14.2. The Balaban J connectivity index is 1.89. The highest BCUT2D eigenvalue weighted by Crippen LogP contribution is 2.34. The van der Waals surface area contributed by atoms with E-state index in [1.165, 1.54) is 23.5 Å². The lowest BCUT2D eigenvalue weighted by molar-refractivity contribution is 0.631. The van der Waals surface area contributed by atoms with Gasteiger partial charge in [0.15, 0.2) is 10.9 Å². The molecule has 7 heteroatoms. The molecule has 23 heavy (non-hydrogen) atoms. The first kappa shape index (κ1) is 16.6. The van der Waals surface area contributed by atoms with E-state index in [1.54, 1.807) is 17.1 Å². The van der Waals surface area contributed by atoms with Crippen molar-refractivity contribution in [3.05, 3.63) is 57.6 Å². The van der Waals surface area contributed by atoms with Gasteiger partial charge in [-0.25, -0.2) is 9.37 Å². The summed E-state index contributed by atoms with van der Waals surface area (Å²) in [6, 6.07) is 10.9. The summed E-state index contributed by atoms with van der Waals surface area (Å²) in [5.74, 6) is -0.516. The van der Waals surface area contributed by atoms with Gasteiger partial charge in [0.05, 0.1) is 10.7 Å². The molecule has 0 aliphatic rings. The smallest absolute Gasteiger partial charge is 0.187 e. The van der Waals surface area contributed by atoms with Crippen molar-refractivity contribution in [3.63, 3.8) is 0 Å². The summed E-state index contributed by atoms with van der Waals surface area (Å²) >= 11 is 14.8. The van der Waals surface area contributed by atoms with Gasteiger partial charge < -0.3 is 5.32 Å². The van der Waals surface area contributed by atoms with Crippen LogP contribution in [-0.4, -0.2) is 11.2 Å². The van der Waals surface area contributed by atoms with Gasteiger partial charge in [-0.1, -0.05) is 29.3 Å². The van der Waals surface area contributed by atoms with E-state index >= 15 is 0 Å². The van der Waals surface area contributed by atoms with Crippen molar-refractivity contribution in [2.45, 2.75) is 4.90 Å². The van der Waals surface area contributed by atoms with Gasteiger partial charge >= 0.3 is 0 Å². The van der Waals surface area contributed by atoms with Gasteiger partial charge in [-0.05, 0) is 36.6 Å². The van der Waals surface area contributed by atoms with Gasteiger partial charge in [0.2, 0.25) is 0 Å². The third-order valence-electron chi connectivity index (χ3n) is 3.09. The molecule has 0 amide bonds. The van der Waals surface area contributed by atoms with Crippen molar-refractivity contribution >= 4 is 57.1 Å². The zero-order chi connectivity index (χ0) is 16.4. The Morgan fingerprint density at radius 2 is 2.04 bits per heavy atom. The van der Waals surface area contributed by atoms with Crippen LogP contribution in [0, 0.1) is 5.82 Å². The summed E-state index contributed by atoms with van der Waals surface area (Å²) in [6.45, 7) is 0. The molecule has 0 unspecified atom stereocenters. The Hall–Kier alpha value is -1.27. The van der Waals surface area contributed by atoms with Crippen LogP contribution in [0.3, 0.4) is 0 Å². The molecule has 0 aliphatic carbocycles. The Bertz CT molecular complexity index is 852. The van der Waals surface area contributed by atoms with E-state index in [1.807, 2.05) is 30.5 Å². The van der Waals surface area contributed by atoms with Crippen LogP contribution in [0.1, 0.15) is 0 Å². The number of halogens is 3. The van der Waals surface area contributed by atoms with E-state index in [4.69, 9.17) is 23.2 Å². The molecule has 0 aliphatic heterocycles. The summed E-state index contributed by atoms with van der Waals surface area (Å²) in [6.07, 6.45) is 2.02. The molecule has 0 saturated carbocycles. The second kappa shape index (κ2) is 7.09. The lowest BCUT2D eigenvalue weighted by Crippen LogP contribution is -1.91. The molecule has 0 fully saturated rings. The second-order valence-electron chi connectivity index (χ2n) is 4.64. The predicted octanol–water partition coefficient (Wildman–Crippen LogP) is 6.72. The number of thioether (sulfide) groups is 1. The lowest BCUT2D eigenvalue weighted by Gasteiger charge is -2.05. The first-order chi connectivity index (χ1) is 11.1. The standard InChI is InChI=1S/C16H11Cl2FN2S2/c1-22-11-4-2-3-10(7-11)20-16-21-14(8-23-16)12-5-9(17)6-13(18)15(12)19/h2-8H,1H3,(H,20,21). The van der Waals surface area contributed by atoms with Crippen molar-refractivity contribution in [1.29, 1.82) is 0 Å². The molecule has 0 saturated heterocycles. The SMILES string of the molecule is CSc1cccc(Nc2nc(-c3cc(Cl)cc(Cl)c3F)cs2)c1. The van der Waals surface area contributed by atoms with E-state index in [2.05, 4.69) is 10.3 Å². The number of nitrogens with one attached hydrogen (secondary N) is 1. The van der Waals surface area contributed by atoms with E-state index in [-0.39, 0.29) is 5.02 Å². The summed E-state index contributed by atoms with van der Waals surface area (Å²) in [5, 5.41) is 6.03. The molecule has 0 bridgehead atoms. The van der Waals surface area contributed by atoms with E-state index < -0.39 is 5.82 Å². The first-order valence-corrected chi connectivity index (χ1v) is 9.44. The molecular weight excluding hydrogens is 374 g/mol. The Morgan fingerprint density at radius 3 is 2.83 bits per heavy atom. The van der Waals surface area contributed by atoms with E-state index in [9.17, 15) is 4.39 Å². The summed E-state index contributed by atoms with van der Waals surface area (Å²) in [7, 11) is 0. The number of anilines is 2. The molecule has 3 aromatic rings. The van der Waals surface area contributed by atoms with Crippen molar-refractivity contribution in [3.8, 4) is 11.3 Å². The van der Waals surface area contributed by atoms with Crippen LogP contribution in [0.15, 0.2) is 46.7 Å². The molecule has 118 valence electrons. The molecule has 1 N–H and O–H groups in total. The van der Waals surface area contributed by atoms with Crippen molar-refractivity contribution in [1.82, 2.24) is 4.98 Å². The van der Waals surface area contributed by atoms with Crippen LogP contribution >= 0.6 is 46.3 Å². The molecule has 2 nitrogen and oxygen atoms in total. The van der Waals surface area contributed by atoms with Crippen LogP contribution in [0.5, 0.6) is 0 Å². The highest BCUT2D eigenvalue weighted by molar-refractivity contribution is 7.98. The van der Waals surface area contributed by atoms with Crippen molar-refractivity contribution in [2.75, 3.05) is 11.6 Å². The number of hydrogen-bond donors (Lipinski definition) is 1. The zero-order valence-electron chi connectivity index (χ0n) is 11.9. The van der Waals surface area contributed by atoms with E-state index in [0.717, 1.165) is 10.6 Å². The van der Waals surface area contributed by atoms with Crippen molar-refractivity contribution < 1.29 is 4.39 Å². The predicted molar refractivity (Wildman–Crippen MR) is 99.0 cm³/mol. The maximum absolute atomic E-state index is 14.2. The number of rotatable bonds is 4. The number of thiazole rings is 1. The third-order valence-corrected chi connectivity index (χ3v) is 5.07. The van der Waals surface area contributed by atoms with Gasteiger partial charge in [-0.2, -0.15) is 0 Å². The molecule has 1 heterocycles. The Kier molecular flexibility index (Phi) is 5.11. The number of nitrogens with zero attached hydrogens (tertiary/aromatic N) is 1. The minimum atomic E-state index is -0.516. The van der Waals surface area contributed by atoms with Crippen molar-refractivity contribution in [2.24, 2.45) is 0 Å². The van der Waals surface area contributed by atoms with Gasteiger partial charge in [0.1, 0.15) is 0 Å². The topological polar surface area (TPSA) is 24.9 Å². The molecule has 0 spiro atoms. The van der Waals surface area contributed by atoms with Gasteiger partial charge in [-0.3, -0.25) is 0 Å². The van der Waals surface area contributed by atoms with E-state index in [0.29, 0.717) is 21.4 Å². The minimum Gasteiger partial charge on any atom is -0.332 e. The molecule has 2 aromatic carbocycles. The molecule has 3 rings (SSSR count). The average Bonchev–Trinajstić information content (AvgIpc) is 2.99. The Morgan fingerprint density at radius 1 is 1.22 bits per heavy atom. The molecule has 1 aromatic heterocycles. The maximum atomic E-state index is 14.2. The number of aromatic nitrogens is 1. The van der Waals surface area contributed by atoms with Crippen LogP contribution in [0.25, 0.3) is 11.3 Å². The second-order valence-corrected chi connectivity index (χ2v) is 7.23. The van der Waals surface area contributed by atoms with Crippen LogP contribution in [-0.2, 0) is 0 Å². The molecule has 0 radical (unpaired) electrons. The van der Waals surface area contributed by atoms with Gasteiger partial charge in [0, 0.05) is 26.5 Å². The van der Waals surface area contributed by atoms with Gasteiger partial charge in [-0.15, -0.1) is 23.1 Å². The highest BCUT2D eigenvalue weighted by atomic mass is 35.5. The number of benzene rings is 2. The largest absolute Gasteiger partial charge is 0.332 e. The Labute approximate surface area is 151 Å². The monoisotopic (exact) mass is 384 g/mol. The summed E-state index contributed by atoms with van der Waals surface area (Å²) in [5.41, 5.74) is 1.73. The fourth-order valence-electron chi connectivity index (χ4n) is 2.02. The average molecular weight is 385 g/mol.